The van der Waals surface area contributed by atoms with Crippen LogP contribution in [0.1, 0.15) is 30.1 Å². The molecule has 1 aromatic heterocycles. The van der Waals surface area contributed by atoms with Crippen LogP contribution >= 0.6 is 11.6 Å². The normalized spacial score (nSPS) is 10.4. The molecule has 4 nitrogen and oxygen atoms in total. The van der Waals surface area contributed by atoms with Crippen molar-refractivity contribution in [3.63, 3.8) is 0 Å². The summed E-state index contributed by atoms with van der Waals surface area (Å²) >= 11 is 5.93. The highest BCUT2D eigenvalue weighted by Crippen LogP contribution is 2.19. The van der Waals surface area contributed by atoms with Crippen LogP contribution in [0.15, 0.2) is 22.7 Å². The molecule has 0 fully saturated rings. The van der Waals surface area contributed by atoms with Gasteiger partial charge >= 0.3 is 0 Å². The highest BCUT2D eigenvalue weighted by molar-refractivity contribution is 6.31. The molecular formula is C13H11ClFN3O. The van der Waals surface area contributed by atoms with E-state index >= 15 is 0 Å². The molecular weight excluding hydrogens is 269 g/mol. The fourth-order valence-electron chi connectivity index (χ4n) is 1.62. The highest BCUT2D eigenvalue weighted by Gasteiger charge is 2.09. The highest BCUT2D eigenvalue weighted by atomic mass is 35.5. The molecule has 1 aromatic carbocycles. The summed E-state index contributed by atoms with van der Waals surface area (Å²) in [6.45, 7) is 0. The average molecular weight is 280 g/mol. The largest absolute Gasteiger partial charge is 0.339 e. The molecule has 98 valence electrons. The first-order chi connectivity index (χ1) is 9.19. The number of rotatable bonds is 5. The van der Waals surface area contributed by atoms with Crippen molar-refractivity contribution in [1.29, 1.82) is 5.26 Å². The van der Waals surface area contributed by atoms with Crippen LogP contribution in [0.25, 0.3) is 0 Å². The molecule has 0 bridgehead atoms. The van der Waals surface area contributed by atoms with Crippen LogP contribution in [0.3, 0.4) is 0 Å². The van der Waals surface area contributed by atoms with Gasteiger partial charge in [-0.3, -0.25) is 0 Å². The lowest BCUT2D eigenvalue weighted by molar-refractivity contribution is 0.371. The van der Waals surface area contributed by atoms with Gasteiger partial charge in [-0.15, -0.1) is 0 Å². The summed E-state index contributed by atoms with van der Waals surface area (Å²) in [6, 6.07) is 6.25. The van der Waals surface area contributed by atoms with Gasteiger partial charge in [0.15, 0.2) is 5.82 Å². The molecule has 0 N–H and O–H groups in total. The van der Waals surface area contributed by atoms with E-state index in [0.29, 0.717) is 42.4 Å². The maximum absolute atomic E-state index is 12.9. The number of nitrogens with zero attached hydrogens (tertiary/aromatic N) is 3. The number of hydrogen-bond donors (Lipinski definition) is 0. The third-order valence-corrected chi connectivity index (χ3v) is 2.90. The Morgan fingerprint density at radius 3 is 3.00 bits per heavy atom. The number of hydrogen-bond acceptors (Lipinski definition) is 4. The molecule has 0 aliphatic rings. The van der Waals surface area contributed by atoms with E-state index in [2.05, 4.69) is 16.2 Å². The first-order valence-corrected chi connectivity index (χ1v) is 6.19. The Morgan fingerprint density at radius 1 is 1.42 bits per heavy atom. The van der Waals surface area contributed by atoms with Gasteiger partial charge in [0.05, 0.1) is 6.07 Å². The van der Waals surface area contributed by atoms with Crippen molar-refractivity contribution in [2.45, 2.75) is 25.7 Å². The van der Waals surface area contributed by atoms with Crippen LogP contribution in [0.5, 0.6) is 0 Å². The average Bonchev–Trinajstić information content (AvgIpc) is 2.81. The summed E-state index contributed by atoms with van der Waals surface area (Å²) in [7, 11) is 0. The lowest BCUT2D eigenvalue weighted by Crippen LogP contribution is -1.93. The Labute approximate surface area is 114 Å². The minimum atomic E-state index is -0.376. The molecule has 0 amide bonds. The summed E-state index contributed by atoms with van der Waals surface area (Å²) in [5.41, 5.74) is 0.743. The standard InChI is InChI=1S/C13H11ClFN3O/c14-11-8-10(15)5-4-9(11)7-12-17-13(19-18-12)3-1-2-6-16/h4-5,8H,1-3,7H2. The van der Waals surface area contributed by atoms with Crippen LogP contribution in [-0.2, 0) is 12.8 Å². The van der Waals surface area contributed by atoms with E-state index in [1.165, 1.54) is 12.1 Å². The van der Waals surface area contributed by atoms with Crippen molar-refractivity contribution in [1.82, 2.24) is 10.1 Å². The molecule has 0 saturated heterocycles. The first kappa shape index (κ1) is 13.5. The first-order valence-electron chi connectivity index (χ1n) is 5.81. The predicted octanol–water partition coefficient (Wildman–Crippen LogP) is 3.30. The minimum absolute atomic E-state index is 0.343. The zero-order valence-electron chi connectivity index (χ0n) is 10.1. The Kier molecular flexibility index (Phi) is 4.48. The number of nitriles is 1. The van der Waals surface area contributed by atoms with Crippen molar-refractivity contribution >= 4 is 11.6 Å². The topological polar surface area (TPSA) is 62.7 Å². The van der Waals surface area contributed by atoms with Crippen molar-refractivity contribution in [3.05, 3.63) is 46.3 Å². The molecule has 0 aliphatic heterocycles. The van der Waals surface area contributed by atoms with Gasteiger partial charge in [-0.25, -0.2) is 4.39 Å². The molecule has 0 saturated carbocycles. The molecule has 19 heavy (non-hydrogen) atoms. The van der Waals surface area contributed by atoms with E-state index in [0.717, 1.165) is 5.56 Å². The van der Waals surface area contributed by atoms with E-state index in [1.807, 2.05) is 0 Å². The summed E-state index contributed by atoms with van der Waals surface area (Å²) < 4.78 is 18.0. The second-order valence-corrected chi connectivity index (χ2v) is 4.44. The number of benzene rings is 1. The maximum atomic E-state index is 12.9. The van der Waals surface area contributed by atoms with Crippen LogP contribution < -0.4 is 0 Å². The molecule has 2 rings (SSSR count). The smallest absolute Gasteiger partial charge is 0.226 e. The zero-order chi connectivity index (χ0) is 13.7. The maximum Gasteiger partial charge on any atom is 0.226 e. The zero-order valence-corrected chi connectivity index (χ0v) is 10.8. The van der Waals surface area contributed by atoms with E-state index in [9.17, 15) is 4.39 Å². The molecule has 2 aromatic rings. The van der Waals surface area contributed by atoms with E-state index in [4.69, 9.17) is 21.4 Å². The second kappa shape index (κ2) is 6.30. The van der Waals surface area contributed by atoms with E-state index < -0.39 is 0 Å². The van der Waals surface area contributed by atoms with Gasteiger partial charge in [0.1, 0.15) is 5.82 Å². The molecule has 0 aliphatic carbocycles. The van der Waals surface area contributed by atoms with Gasteiger partial charge in [0.25, 0.3) is 0 Å². The van der Waals surface area contributed by atoms with E-state index in [-0.39, 0.29) is 5.82 Å². The third kappa shape index (κ3) is 3.76. The summed E-state index contributed by atoms with van der Waals surface area (Å²) in [5.74, 6) is 0.628. The second-order valence-electron chi connectivity index (χ2n) is 4.03. The predicted molar refractivity (Wildman–Crippen MR) is 67.1 cm³/mol. The molecule has 1 heterocycles. The lowest BCUT2D eigenvalue weighted by atomic mass is 10.1. The molecule has 0 atom stereocenters. The van der Waals surface area contributed by atoms with Crippen molar-refractivity contribution in [2.75, 3.05) is 0 Å². The van der Waals surface area contributed by atoms with Gasteiger partial charge in [0.2, 0.25) is 5.89 Å². The van der Waals surface area contributed by atoms with Gasteiger partial charge in [-0.05, 0) is 24.1 Å². The Morgan fingerprint density at radius 2 is 2.26 bits per heavy atom. The van der Waals surface area contributed by atoms with Crippen LogP contribution in [0.2, 0.25) is 5.02 Å². The summed E-state index contributed by atoms with van der Waals surface area (Å²) in [4.78, 5) is 4.20. The quantitative estimate of drug-likeness (QED) is 0.788. The van der Waals surface area contributed by atoms with Crippen molar-refractivity contribution in [3.8, 4) is 6.07 Å². The SMILES string of the molecule is N#CCCCc1nc(Cc2ccc(F)cc2Cl)no1. The molecule has 0 spiro atoms. The number of aryl methyl sites for hydroxylation is 1. The fraction of sp³-hybridized carbons (Fsp3) is 0.308. The van der Waals surface area contributed by atoms with Crippen LogP contribution in [0, 0.1) is 17.1 Å². The lowest BCUT2D eigenvalue weighted by Gasteiger charge is -2.00. The number of unbranched alkanes of at least 4 members (excludes halogenated alkanes) is 1. The van der Waals surface area contributed by atoms with E-state index in [1.54, 1.807) is 6.07 Å². The molecule has 0 unspecified atom stereocenters. The van der Waals surface area contributed by atoms with Gasteiger partial charge in [-0.1, -0.05) is 22.8 Å². The molecule has 6 heteroatoms. The Bertz CT molecular complexity index is 606. The Balaban J connectivity index is 2.01. The van der Waals surface area contributed by atoms with Crippen LogP contribution in [0.4, 0.5) is 4.39 Å². The van der Waals surface area contributed by atoms with Crippen LogP contribution in [-0.4, -0.2) is 10.1 Å². The van der Waals surface area contributed by atoms with Crippen molar-refractivity contribution < 1.29 is 8.91 Å². The summed E-state index contributed by atoms with van der Waals surface area (Å²) in [5, 5.41) is 12.6. The van der Waals surface area contributed by atoms with Crippen molar-refractivity contribution in [2.24, 2.45) is 0 Å². The van der Waals surface area contributed by atoms with Gasteiger partial charge in [-0.2, -0.15) is 10.2 Å². The summed E-state index contributed by atoms with van der Waals surface area (Å²) in [6.07, 6.45) is 2.12. The van der Waals surface area contributed by atoms with Gasteiger partial charge < -0.3 is 4.52 Å². The number of halogens is 2. The monoisotopic (exact) mass is 279 g/mol. The van der Waals surface area contributed by atoms with Gasteiger partial charge in [0, 0.05) is 24.3 Å². The third-order valence-electron chi connectivity index (χ3n) is 2.55. The number of aromatic nitrogens is 2. The minimum Gasteiger partial charge on any atom is -0.339 e. The fourth-order valence-corrected chi connectivity index (χ4v) is 1.85. The molecule has 0 radical (unpaired) electrons. The Hall–Kier alpha value is -1.93.